The second kappa shape index (κ2) is 4.85. The summed E-state index contributed by atoms with van der Waals surface area (Å²) in [5.41, 5.74) is 3.17. The average Bonchev–Trinajstić information content (AvgIpc) is 2.85. The number of rotatable bonds is 3. The van der Waals surface area contributed by atoms with Gasteiger partial charge in [-0.3, -0.25) is 0 Å². The molecule has 0 radical (unpaired) electrons. The van der Waals surface area contributed by atoms with Gasteiger partial charge in [0.1, 0.15) is 5.52 Å². The van der Waals surface area contributed by atoms with E-state index < -0.39 is 0 Å². The third kappa shape index (κ3) is 2.48. The molecule has 4 heteroatoms. The summed E-state index contributed by atoms with van der Waals surface area (Å²) in [6.45, 7) is 5.67. The van der Waals surface area contributed by atoms with Gasteiger partial charge in [0.15, 0.2) is 12.0 Å². The lowest BCUT2D eigenvalue weighted by Gasteiger charge is -2.27. The summed E-state index contributed by atoms with van der Waals surface area (Å²) in [6, 6.07) is 6.27. The van der Waals surface area contributed by atoms with Crippen LogP contribution in [0.2, 0.25) is 0 Å². The maximum Gasteiger partial charge on any atom is 0.181 e. The molecule has 1 saturated heterocycles. The minimum Gasteiger partial charge on any atom is -0.443 e. The molecule has 2 aromatic rings. The second-order valence-electron chi connectivity index (χ2n) is 4.50. The van der Waals surface area contributed by atoms with E-state index in [4.69, 9.17) is 4.42 Å². The van der Waals surface area contributed by atoms with Gasteiger partial charge in [0.05, 0.1) is 0 Å². The molecule has 0 atom stereocenters. The van der Waals surface area contributed by atoms with Crippen LogP contribution in [0, 0.1) is 0 Å². The van der Waals surface area contributed by atoms with E-state index in [-0.39, 0.29) is 0 Å². The van der Waals surface area contributed by atoms with Crippen molar-refractivity contribution in [2.75, 3.05) is 32.7 Å². The molecule has 0 amide bonds. The molecule has 0 aliphatic carbocycles. The van der Waals surface area contributed by atoms with E-state index in [1.165, 1.54) is 12.0 Å². The minimum absolute atomic E-state index is 0.871. The van der Waals surface area contributed by atoms with E-state index in [1.807, 2.05) is 6.07 Å². The molecule has 0 saturated carbocycles. The van der Waals surface area contributed by atoms with Crippen LogP contribution in [0.15, 0.2) is 29.0 Å². The van der Waals surface area contributed by atoms with Crippen molar-refractivity contribution in [2.24, 2.45) is 0 Å². The lowest BCUT2D eigenvalue weighted by atomic mass is 10.1. The van der Waals surface area contributed by atoms with Gasteiger partial charge >= 0.3 is 0 Å². The SMILES string of the molecule is c1nc2cc(CCN3CCNCC3)ccc2o1. The van der Waals surface area contributed by atoms with Crippen molar-refractivity contribution in [3.05, 3.63) is 30.2 Å². The van der Waals surface area contributed by atoms with Crippen LogP contribution in [-0.2, 0) is 6.42 Å². The minimum atomic E-state index is 0.871. The van der Waals surface area contributed by atoms with E-state index >= 15 is 0 Å². The monoisotopic (exact) mass is 231 g/mol. The molecule has 17 heavy (non-hydrogen) atoms. The van der Waals surface area contributed by atoms with Crippen LogP contribution in [0.4, 0.5) is 0 Å². The lowest BCUT2D eigenvalue weighted by Crippen LogP contribution is -2.44. The highest BCUT2D eigenvalue weighted by molar-refractivity contribution is 5.72. The van der Waals surface area contributed by atoms with Crippen LogP contribution in [-0.4, -0.2) is 42.6 Å². The summed E-state index contributed by atoms with van der Waals surface area (Å²) in [5.74, 6) is 0. The van der Waals surface area contributed by atoms with E-state index in [0.29, 0.717) is 0 Å². The van der Waals surface area contributed by atoms with Crippen LogP contribution in [0.3, 0.4) is 0 Å². The molecule has 1 N–H and O–H groups in total. The van der Waals surface area contributed by atoms with Gasteiger partial charge in [-0.05, 0) is 24.1 Å². The molecule has 0 bridgehead atoms. The normalized spacial score (nSPS) is 17.6. The van der Waals surface area contributed by atoms with Gasteiger partial charge in [-0.1, -0.05) is 6.07 Å². The smallest absolute Gasteiger partial charge is 0.181 e. The van der Waals surface area contributed by atoms with Crippen molar-refractivity contribution in [3.8, 4) is 0 Å². The van der Waals surface area contributed by atoms with Crippen molar-refractivity contribution in [1.29, 1.82) is 0 Å². The van der Waals surface area contributed by atoms with Crippen LogP contribution in [0.25, 0.3) is 11.1 Å². The number of piperazine rings is 1. The Morgan fingerprint density at radius 3 is 3.06 bits per heavy atom. The van der Waals surface area contributed by atoms with E-state index in [2.05, 4.69) is 27.3 Å². The Bertz CT molecular complexity index is 488. The zero-order chi connectivity index (χ0) is 11.5. The number of aromatic nitrogens is 1. The van der Waals surface area contributed by atoms with Gasteiger partial charge in [0.25, 0.3) is 0 Å². The molecule has 3 rings (SSSR count). The molecule has 90 valence electrons. The summed E-state index contributed by atoms with van der Waals surface area (Å²) in [6.07, 6.45) is 2.59. The number of oxazole rings is 1. The van der Waals surface area contributed by atoms with Crippen LogP contribution < -0.4 is 5.32 Å². The van der Waals surface area contributed by atoms with Crippen LogP contribution in [0.5, 0.6) is 0 Å². The third-order valence-electron chi connectivity index (χ3n) is 3.32. The quantitative estimate of drug-likeness (QED) is 0.864. The van der Waals surface area contributed by atoms with E-state index in [1.54, 1.807) is 0 Å². The highest BCUT2D eigenvalue weighted by Crippen LogP contribution is 2.14. The first-order chi connectivity index (χ1) is 8.42. The topological polar surface area (TPSA) is 41.3 Å². The van der Waals surface area contributed by atoms with Crippen molar-refractivity contribution in [1.82, 2.24) is 15.2 Å². The Kier molecular flexibility index (Phi) is 3.07. The first-order valence-electron chi connectivity index (χ1n) is 6.17. The Morgan fingerprint density at radius 2 is 2.18 bits per heavy atom. The largest absolute Gasteiger partial charge is 0.443 e. The molecule has 0 spiro atoms. The van der Waals surface area contributed by atoms with Gasteiger partial charge < -0.3 is 14.6 Å². The molecule has 1 aromatic heterocycles. The molecule has 1 aromatic carbocycles. The number of nitrogens with zero attached hydrogens (tertiary/aromatic N) is 2. The van der Waals surface area contributed by atoms with Gasteiger partial charge in [0.2, 0.25) is 0 Å². The van der Waals surface area contributed by atoms with Crippen molar-refractivity contribution in [3.63, 3.8) is 0 Å². The van der Waals surface area contributed by atoms with Gasteiger partial charge in [-0.25, -0.2) is 4.98 Å². The number of benzene rings is 1. The summed E-state index contributed by atoms with van der Waals surface area (Å²) >= 11 is 0. The predicted octanol–water partition coefficient (Wildman–Crippen LogP) is 1.28. The number of hydrogen-bond donors (Lipinski definition) is 1. The van der Waals surface area contributed by atoms with Crippen molar-refractivity contribution < 1.29 is 4.42 Å². The molecule has 2 heterocycles. The second-order valence-corrected chi connectivity index (χ2v) is 4.50. The first-order valence-corrected chi connectivity index (χ1v) is 6.17. The van der Waals surface area contributed by atoms with Crippen molar-refractivity contribution in [2.45, 2.75) is 6.42 Å². The number of hydrogen-bond acceptors (Lipinski definition) is 4. The fourth-order valence-corrected chi connectivity index (χ4v) is 2.28. The maximum absolute atomic E-state index is 5.24. The molecule has 1 fully saturated rings. The van der Waals surface area contributed by atoms with Crippen LogP contribution >= 0.6 is 0 Å². The van der Waals surface area contributed by atoms with Gasteiger partial charge in [-0.15, -0.1) is 0 Å². The summed E-state index contributed by atoms with van der Waals surface area (Å²) in [5, 5.41) is 3.37. The fourth-order valence-electron chi connectivity index (χ4n) is 2.28. The molecular formula is C13H17N3O. The van der Waals surface area contributed by atoms with Gasteiger partial charge in [-0.2, -0.15) is 0 Å². The van der Waals surface area contributed by atoms with Crippen molar-refractivity contribution >= 4 is 11.1 Å². The number of fused-ring (bicyclic) bond motifs is 1. The summed E-state index contributed by atoms with van der Waals surface area (Å²) in [7, 11) is 0. The molecule has 0 unspecified atom stereocenters. The highest BCUT2D eigenvalue weighted by Gasteiger charge is 2.09. The van der Waals surface area contributed by atoms with Gasteiger partial charge in [0, 0.05) is 32.7 Å². The predicted molar refractivity (Wildman–Crippen MR) is 67.0 cm³/mol. The molecule has 4 nitrogen and oxygen atoms in total. The highest BCUT2D eigenvalue weighted by atomic mass is 16.3. The molecule has 1 aliphatic rings. The third-order valence-corrected chi connectivity index (χ3v) is 3.32. The molecule has 1 aliphatic heterocycles. The standard InChI is InChI=1S/C13H17N3O/c1-2-13-12(15-10-17-13)9-11(1)3-6-16-7-4-14-5-8-16/h1-2,9-10,14H,3-8H2. The lowest BCUT2D eigenvalue weighted by molar-refractivity contribution is 0.244. The molecular weight excluding hydrogens is 214 g/mol. The Morgan fingerprint density at radius 1 is 1.29 bits per heavy atom. The Labute approximate surface area is 101 Å². The first kappa shape index (κ1) is 10.7. The van der Waals surface area contributed by atoms with E-state index in [0.717, 1.165) is 50.2 Å². The van der Waals surface area contributed by atoms with Crippen LogP contribution in [0.1, 0.15) is 5.56 Å². The summed E-state index contributed by atoms with van der Waals surface area (Å²) < 4.78 is 5.24. The fraction of sp³-hybridized carbons (Fsp3) is 0.462. The Hall–Kier alpha value is -1.39. The summed E-state index contributed by atoms with van der Waals surface area (Å²) in [4.78, 5) is 6.69. The number of nitrogens with one attached hydrogen (secondary N) is 1. The van der Waals surface area contributed by atoms with E-state index in [9.17, 15) is 0 Å². The zero-order valence-electron chi connectivity index (χ0n) is 9.85. The maximum atomic E-state index is 5.24. The Balaban J connectivity index is 1.63. The average molecular weight is 231 g/mol. The zero-order valence-corrected chi connectivity index (χ0v) is 9.85.